The molecule has 0 fully saturated rings. The van der Waals surface area contributed by atoms with Crippen molar-refractivity contribution in [2.75, 3.05) is 0 Å². The number of rotatable bonds is 3. The molecule has 4 heterocycles. The van der Waals surface area contributed by atoms with Crippen LogP contribution >= 0.6 is 23.1 Å². The molecular weight excluding hydrogens is 390 g/mol. The van der Waals surface area contributed by atoms with Crippen LogP contribution in [0.2, 0.25) is 5.15 Å². The van der Waals surface area contributed by atoms with Crippen LogP contribution in [0.15, 0.2) is 41.6 Å². The molecule has 4 rings (SSSR count). The maximum atomic E-state index is 12.6. The SMILES string of the molecule is Cc1cc(Cl)nc2c1c(=O)c(C(=O)O)cn2-c1nc(-c2ccncc2)ns1. The van der Waals surface area contributed by atoms with Gasteiger partial charge in [0, 0.05) is 35.7 Å². The van der Waals surface area contributed by atoms with E-state index in [2.05, 4.69) is 19.3 Å². The Hall–Kier alpha value is -3.17. The average molecular weight is 400 g/mol. The van der Waals surface area contributed by atoms with Crippen molar-refractivity contribution in [2.24, 2.45) is 0 Å². The van der Waals surface area contributed by atoms with Crippen LogP contribution in [-0.4, -0.2) is 35.0 Å². The molecule has 4 aromatic heterocycles. The lowest BCUT2D eigenvalue weighted by Gasteiger charge is -2.10. The Labute approximate surface area is 160 Å². The van der Waals surface area contributed by atoms with Crippen molar-refractivity contribution in [1.82, 2.24) is 23.9 Å². The Bertz CT molecular complexity index is 1250. The first kappa shape index (κ1) is 17.3. The molecular formula is C17H10ClN5O3S. The Balaban J connectivity index is 2.02. The molecule has 1 N–H and O–H groups in total. The van der Waals surface area contributed by atoms with Crippen LogP contribution in [0.25, 0.3) is 27.6 Å². The van der Waals surface area contributed by atoms with Crippen molar-refractivity contribution < 1.29 is 9.90 Å². The van der Waals surface area contributed by atoms with E-state index in [4.69, 9.17) is 11.6 Å². The summed E-state index contributed by atoms with van der Waals surface area (Å²) in [5.74, 6) is -0.872. The van der Waals surface area contributed by atoms with E-state index >= 15 is 0 Å². The first-order valence-electron chi connectivity index (χ1n) is 7.66. The predicted octanol–water partition coefficient (Wildman–Crippen LogP) is 2.96. The number of carboxylic acids is 1. The number of fused-ring (bicyclic) bond motifs is 1. The van der Waals surface area contributed by atoms with Crippen molar-refractivity contribution in [3.8, 4) is 16.5 Å². The maximum Gasteiger partial charge on any atom is 0.341 e. The van der Waals surface area contributed by atoms with Gasteiger partial charge in [0.15, 0.2) is 11.5 Å². The zero-order chi connectivity index (χ0) is 19.1. The summed E-state index contributed by atoms with van der Waals surface area (Å²) in [6, 6.07) is 5.04. The van der Waals surface area contributed by atoms with Gasteiger partial charge < -0.3 is 5.11 Å². The van der Waals surface area contributed by atoms with Crippen molar-refractivity contribution in [1.29, 1.82) is 0 Å². The van der Waals surface area contributed by atoms with Crippen LogP contribution in [0.5, 0.6) is 0 Å². The number of carbonyl (C=O) groups is 1. The third-order valence-corrected chi connectivity index (χ3v) is 4.82. The summed E-state index contributed by atoms with van der Waals surface area (Å²) in [5.41, 5.74) is 0.529. The minimum absolute atomic E-state index is 0.181. The van der Waals surface area contributed by atoms with Crippen LogP contribution in [0, 0.1) is 6.92 Å². The molecule has 0 radical (unpaired) electrons. The van der Waals surface area contributed by atoms with Crippen LogP contribution in [0.4, 0.5) is 0 Å². The van der Waals surface area contributed by atoms with Crippen LogP contribution in [0.3, 0.4) is 0 Å². The van der Waals surface area contributed by atoms with Crippen LogP contribution in [-0.2, 0) is 0 Å². The summed E-state index contributed by atoms with van der Waals surface area (Å²) in [6.07, 6.45) is 4.45. The molecule has 0 unspecified atom stereocenters. The zero-order valence-corrected chi connectivity index (χ0v) is 15.3. The van der Waals surface area contributed by atoms with Crippen LogP contribution < -0.4 is 5.43 Å². The van der Waals surface area contributed by atoms with E-state index in [-0.39, 0.29) is 21.7 Å². The Kier molecular flexibility index (Phi) is 4.17. The Morgan fingerprint density at radius 2 is 2.00 bits per heavy atom. The standard InChI is InChI=1S/C17H10ClN5O3S/c1-8-6-11(18)20-15-12(8)13(24)10(16(25)26)7-23(15)17-21-14(22-27-17)9-2-4-19-5-3-9/h2-7H,1H3,(H,25,26). The van der Waals surface area contributed by atoms with Gasteiger partial charge in [-0.15, -0.1) is 0 Å². The molecule has 0 aromatic carbocycles. The van der Waals surface area contributed by atoms with E-state index in [1.54, 1.807) is 31.5 Å². The van der Waals surface area contributed by atoms with Crippen molar-refractivity contribution in [3.63, 3.8) is 0 Å². The molecule has 0 aliphatic rings. The summed E-state index contributed by atoms with van der Waals surface area (Å²) in [6.45, 7) is 1.68. The number of aryl methyl sites for hydroxylation is 1. The second-order valence-electron chi connectivity index (χ2n) is 5.64. The third kappa shape index (κ3) is 2.96. The zero-order valence-electron chi connectivity index (χ0n) is 13.8. The number of hydrogen-bond donors (Lipinski definition) is 1. The molecule has 10 heteroatoms. The monoisotopic (exact) mass is 399 g/mol. The maximum absolute atomic E-state index is 12.6. The molecule has 134 valence electrons. The smallest absolute Gasteiger partial charge is 0.341 e. The number of aromatic nitrogens is 5. The first-order valence-corrected chi connectivity index (χ1v) is 8.81. The Morgan fingerprint density at radius 1 is 1.26 bits per heavy atom. The molecule has 0 spiro atoms. The predicted molar refractivity (Wildman–Crippen MR) is 101 cm³/mol. The minimum Gasteiger partial charge on any atom is -0.477 e. The van der Waals surface area contributed by atoms with Crippen LogP contribution in [0.1, 0.15) is 15.9 Å². The average Bonchev–Trinajstić information content (AvgIpc) is 3.11. The number of aromatic carboxylic acids is 1. The van der Waals surface area contributed by atoms with E-state index in [0.717, 1.165) is 17.1 Å². The normalized spacial score (nSPS) is 11.0. The molecule has 27 heavy (non-hydrogen) atoms. The summed E-state index contributed by atoms with van der Waals surface area (Å²) in [5, 5.41) is 10.2. The highest BCUT2D eigenvalue weighted by Gasteiger charge is 2.20. The molecule has 0 amide bonds. The quantitative estimate of drug-likeness (QED) is 0.527. The molecule has 8 nitrogen and oxygen atoms in total. The van der Waals surface area contributed by atoms with Gasteiger partial charge in [0.2, 0.25) is 10.6 Å². The minimum atomic E-state index is -1.33. The van der Waals surface area contributed by atoms with Crippen molar-refractivity contribution >= 4 is 40.1 Å². The molecule has 4 aromatic rings. The molecule has 0 saturated heterocycles. The second-order valence-corrected chi connectivity index (χ2v) is 6.76. The molecule has 0 aliphatic carbocycles. The van der Waals surface area contributed by atoms with Gasteiger partial charge in [0.1, 0.15) is 10.7 Å². The van der Waals surface area contributed by atoms with E-state index in [0.29, 0.717) is 16.5 Å². The number of halogens is 1. The van der Waals surface area contributed by atoms with E-state index in [1.165, 1.54) is 16.8 Å². The lowest BCUT2D eigenvalue weighted by atomic mass is 10.1. The molecule has 0 saturated carbocycles. The summed E-state index contributed by atoms with van der Waals surface area (Å²) in [4.78, 5) is 36.8. The highest BCUT2D eigenvalue weighted by Crippen LogP contribution is 2.25. The summed E-state index contributed by atoms with van der Waals surface area (Å²) in [7, 11) is 0. The number of carboxylic acid groups (broad SMARTS) is 1. The van der Waals surface area contributed by atoms with Gasteiger partial charge in [-0.1, -0.05) is 11.6 Å². The molecule has 0 bridgehead atoms. The lowest BCUT2D eigenvalue weighted by Crippen LogP contribution is -2.20. The van der Waals surface area contributed by atoms with Gasteiger partial charge in [-0.3, -0.25) is 14.3 Å². The van der Waals surface area contributed by atoms with Gasteiger partial charge in [0.25, 0.3) is 0 Å². The van der Waals surface area contributed by atoms with Gasteiger partial charge in [-0.25, -0.2) is 9.78 Å². The first-order chi connectivity index (χ1) is 13.0. The van der Waals surface area contributed by atoms with Gasteiger partial charge in [-0.05, 0) is 30.7 Å². The molecule has 0 aliphatic heterocycles. The van der Waals surface area contributed by atoms with E-state index in [1.807, 2.05) is 0 Å². The third-order valence-electron chi connectivity index (χ3n) is 3.91. The van der Waals surface area contributed by atoms with Gasteiger partial charge >= 0.3 is 5.97 Å². The number of pyridine rings is 3. The summed E-state index contributed by atoms with van der Waals surface area (Å²) < 4.78 is 5.74. The molecule has 0 atom stereocenters. The largest absolute Gasteiger partial charge is 0.477 e. The Morgan fingerprint density at radius 3 is 2.70 bits per heavy atom. The fraction of sp³-hybridized carbons (Fsp3) is 0.0588. The lowest BCUT2D eigenvalue weighted by molar-refractivity contribution is 0.0695. The fourth-order valence-electron chi connectivity index (χ4n) is 2.68. The fourth-order valence-corrected chi connectivity index (χ4v) is 3.60. The topological polar surface area (TPSA) is 111 Å². The summed E-state index contributed by atoms with van der Waals surface area (Å²) >= 11 is 7.11. The van der Waals surface area contributed by atoms with Gasteiger partial charge in [0.05, 0.1) is 5.39 Å². The number of hydrogen-bond acceptors (Lipinski definition) is 7. The van der Waals surface area contributed by atoms with Gasteiger partial charge in [-0.2, -0.15) is 9.36 Å². The highest BCUT2D eigenvalue weighted by molar-refractivity contribution is 7.08. The second kappa shape index (κ2) is 6.53. The number of nitrogens with zero attached hydrogens (tertiary/aromatic N) is 5. The highest BCUT2D eigenvalue weighted by atomic mass is 35.5. The van der Waals surface area contributed by atoms with Crippen molar-refractivity contribution in [3.05, 3.63) is 63.3 Å². The van der Waals surface area contributed by atoms with E-state index < -0.39 is 11.4 Å². The van der Waals surface area contributed by atoms with Crippen molar-refractivity contribution in [2.45, 2.75) is 6.92 Å². The van der Waals surface area contributed by atoms with E-state index in [9.17, 15) is 14.7 Å².